The summed E-state index contributed by atoms with van der Waals surface area (Å²) in [5, 5.41) is 4.41. The number of nitrogens with two attached hydrogens (primary N) is 1. The molecule has 9 nitrogen and oxygen atoms in total. The SMILES string of the molecule is Cc1ncc(-c2cccc(-c3nc(Nc4cccc(CCN5CCOCC5)c4)nc(N)c3-c3cncnc3)c2)s1. The Balaban J connectivity index is 1.33. The summed E-state index contributed by atoms with van der Waals surface area (Å²) in [6.45, 7) is 6.59. The van der Waals surface area contributed by atoms with Crippen molar-refractivity contribution in [1.82, 2.24) is 29.8 Å². The predicted octanol–water partition coefficient (Wildman–Crippen LogP) is 5.23. The Morgan fingerprint density at radius 1 is 0.950 bits per heavy atom. The molecule has 202 valence electrons. The van der Waals surface area contributed by atoms with Crippen molar-refractivity contribution in [2.24, 2.45) is 0 Å². The van der Waals surface area contributed by atoms with Gasteiger partial charge >= 0.3 is 0 Å². The van der Waals surface area contributed by atoms with E-state index in [0.29, 0.717) is 23.0 Å². The molecule has 40 heavy (non-hydrogen) atoms. The van der Waals surface area contributed by atoms with E-state index in [1.54, 1.807) is 23.7 Å². The average Bonchev–Trinajstić information content (AvgIpc) is 3.43. The Kier molecular flexibility index (Phi) is 7.71. The smallest absolute Gasteiger partial charge is 0.229 e. The third-order valence-corrected chi connectivity index (χ3v) is 7.79. The summed E-state index contributed by atoms with van der Waals surface area (Å²) in [4.78, 5) is 26.0. The fourth-order valence-electron chi connectivity index (χ4n) is 4.82. The third-order valence-electron chi connectivity index (χ3n) is 6.83. The number of nitrogens with zero attached hydrogens (tertiary/aromatic N) is 6. The molecule has 0 spiro atoms. The van der Waals surface area contributed by atoms with E-state index in [-0.39, 0.29) is 0 Å². The van der Waals surface area contributed by atoms with Gasteiger partial charge in [0.15, 0.2) is 0 Å². The molecule has 0 saturated carbocycles. The largest absolute Gasteiger partial charge is 0.383 e. The van der Waals surface area contributed by atoms with Crippen molar-refractivity contribution in [3.63, 3.8) is 0 Å². The summed E-state index contributed by atoms with van der Waals surface area (Å²) in [6.07, 6.45) is 7.81. The molecular weight excluding hydrogens is 520 g/mol. The van der Waals surface area contributed by atoms with Gasteiger partial charge in [0, 0.05) is 55.0 Å². The zero-order valence-corrected chi connectivity index (χ0v) is 23.1. The highest BCUT2D eigenvalue weighted by molar-refractivity contribution is 7.15. The standard InChI is InChI=1S/C30H30N8OS/c1-20-34-18-26(40-20)22-5-3-6-23(15-22)28-27(24-16-32-19-33-17-24)29(31)37-30(36-28)35-25-7-2-4-21(14-25)8-9-38-10-12-39-13-11-38/h2-7,14-19H,8-13H2,1H3,(H3,31,35,36,37). The summed E-state index contributed by atoms with van der Waals surface area (Å²) >= 11 is 1.66. The molecular formula is C30H30N8OS. The van der Waals surface area contributed by atoms with Crippen LogP contribution in [0, 0.1) is 6.92 Å². The molecule has 1 saturated heterocycles. The van der Waals surface area contributed by atoms with Crippen LogP contribution in [-0.2, 0) is 11.2 Å². The van der Waals surface area contributed by atoms with E-state index in [1.165, 1.54) is 11.9 Å². The van der Waals surface area contributed by atoms with Gasteiger partial charge in [0.05, 0.1) is 34.4 Å². The van der Waals surface area contributed by atoms with Crippen molar-refractivity contribution < 1.29 is 4.74 Å². The Morgan fingerprint density at radius 2 is 1.75 bits per heavy atom. The monoisotopic (exact) mass is 550 g/mol. The Hall–Kier alpha value is -4.25. The minimum atomic E-state index is 0.352. The fourth-order valence-corrected chi connectivity index (χ4v) is 5.59. The second-order valence-electron chi connectivity index (χ2n) is 9.64. The molecule has 1 aliphatic rings. The van der Waals surface area contributed by atoms with Crippen LogP contribution in [0.1, 0.15) is 10.6 Å². The number of anilines is 3. The van der Waals surface area contributed by atoms with Gasteiger partial charge in [0.1, 0.15) is 12.1 Å². The lowest BCUT2D eigenvalue weighted by Gasteiger charge is -2.26. The van der Waals surface area contributed by atoms with Crippen LogP contribution in [0.2, 0.25) is 0 Å². The summed E-state index contributed by atoms with van der Waals surface area (Å²) < 4.78 is 5.47. The molecule has 0 bridgehead atoms. The minimum absolute atomic E-state index is 0.352. The maximum atomic E-state index is 6.59. The number of thiazole rings is 1. The van der Waals surface area contributed by atoms with E-state index < -0.39 is 0 Å². The normalized spacial score (nSPS) is 13.8. The van der Waals surface area contributed by atoms with Gasteiger partial charge < -0.3 is 15.8 Å². The van der Waals surface area contributed by atoms with Gasteiger partial charge in [0.25, 0.3) is 0 Å². The molecule has 3 N–H and O–H groups in total. The number of aromatic nitrogens is 5. The van der Waals surface area contributed by atoms with Crippen LogP contribution in [0.15, 0.2) is 73.4 Å². The van der Waals surface area contributed by atoms with Crippen molar-refractivity contribution >= 4 is 28.8 Å². The van der Waals surface area contributed by atoms with E-state index >= 15 is 0 Å². The predicted molar refractivity (Wildman–Crippen MR) is 159 cm³/mol. The van der Waals surface area contributed by atoms with E-state index in [4.69, 9.17) is 15.5 Å². The zero-order valence-electron chi connectivity index (χ0n) is 22.2. The van der Waals surface area contributed by atoms with Crippen molar-refractivity contribution in [1.29, 1.82) is 0 Å². The molecule has 1 aliphatic heterocycles. The third kappa shape index (κ3) is 5.99. The van der Waals surface area contributed by atoms with Crippen LogP contribution in [0.25, 0.3) is 32.8 Å². The number of nitrogens with one attached hydrogen (secondary N) is 1. The number of benzene rings is 2. The van der Waals surface area contributed by atoms with Gasteiger partial charge in [-0.2, -0.15) is 4.98 Å². The summed E-state index contributed by atoms with van der Waals surface area (Å²) in [6, 6.07) is 16.6. The lowest BCUT2D eigenvalue weighted by Crippen LogP contribution is -2.37. The molecule has 1 fully saturated rings. The van der Waals surface area contributed by atoms with Gasteiger partial charge in [-0.05, 0) is 42.7 Å². The maximum Gasteiger partial charge on any atom is 0.229 e. The molecule has 4 heterocycles. The van der Waals surface area contributed by atoms with E-state index in [0.717, 1.165) is 71.5 Å². The van der Waals surface area contributed by atoms with Crippen molar-refractivity contribution in [3.8, 4) is 32.8 Å². The molecule has 6 rings (SSSR count). The van der Waals surface area contributed by atoms with Gasteiger partial charge in [-0.3, -0.25) is 4.90 Å². The molecule has 2 aromatic carbocycles. The Labute approximate surface area is 237 Å². The summed E-state index contributed by atoms with van der Waals surface area (Å²) in [5.41, 5.74) is 12.9. The van der Waals surface area contributed by atoms with E-state index in [2.05, 4.69) is 60.5 Å². The Bertz CT molecular complexity index is 1600. The van der Waals surface area contributed by atoms with Crippen LogP contribution in [0.4, 0.5) is 17.5 Å². The second kappa shape index (κ2) is 11.9. The summed E-state index contributed by atoms with van der Waals surface area (Å²) in [5.74, 6) is 0.780. The minimum Gasteiger partial charge on any atom is -0.383 e. The lowest BCUT2D eigenvalue weighted by atomic mass is 10.00. The van der Waals surface area contributed by atoms with Crippen LogP contribution in [0.5, 0.6) is 0 Å². The number of hydrogen-bond donors (Lipinski definition) is 2. The van der Waals surface area contributed by atoms with Crippen molar-refractivity contribution in [3.05, 3.63) is 84.0 Å². The molecule has 0 aliphatic carbocycles. The highest BCUT2D eigenvalue weighted by Crippen LogP contribution is 2.37. The van der Waals surface area contributed by atoms with Crippen LogP contribution >= 0.6 is 11.3 Å². The number of hydrogen-bond acceptors (Lipinski definition) is 10. The quantitative estimate of drug-likeness (QED) is 0.268. The summed E-state index contributed by atoms with van der Waals surface area (Å²) in [7, 11) is 0. The fraction of sp³-hybridized carbons (Fsp3) is 0.233. The molecule has 10 heteroatoms. The van der Waals surface area contributed by atoms with E-state index in [1.807, 2.05) is 31.3 Å². The molecule has 5 aromatic rings. The van der Waals surface area contributed by atoms with Crippen LogP contribution in [0.3, 0.4) is 0 Å². The highest BCUT2D eigenvalue weighted by atomic mass is 32.1. The lowest BCUT2D eigenvalue weighted by molar-refractivity contribution is 0.0384. The van der Waals surface area contributed by atoms with Crippen molar-refractivity contribution in [2.75, 3.05) is 43.9 Å². The number of rotatable bonds is 8. The Morgan fingerprint density at radius 3 is 2.55 bits per heavy atom. The van der Waals surface area contributed by atoms with Gasteiger partial charge in [-0.25, -0.2) is 19.9 Å². The molecule has 0 unspecified atom stereocenters. The number of morpholine rings is 1. The first-order valence-corrected chi connectivity index (χ1v) is 14.1. The second-order valence-corrected chi connectivity index (χ2v) is 10.9. The topological polar surface area (TPSA) is 115 Å². The molecule has 0 atom stereocenters. The molecule has 3 aromatic heterocycles. The first-order chi connectivity index (χ1) is 19.6. The van der Waals surface area contributed by atoms with Crippen LogP contribution < -0.4 is 11.1 Å². The number of ether oxygens (including phenoxy) is 1. The van der Waals surface area contributed by atoms with Crippen molar-refractivity contribution in [2.45, 2.75) is 13.3 Å². The van der Waals surface area contributed by atoms with Gasteiger partial charge in [0.2, 0.25) is 5.95 Å². The number of aryl methyl sites for hydroxylation is 1. The van der Waals surface area contributed by atoms with E-state index in [9.17, 15) is 0 Å². The first kappa shape index (κ1) is 26.0. The first-order valence-electron chi connectivity index (χ1n) is 13.2. The maximum absolute atomic E-state index is 6.59. The van der Waals surface area contributed by atoms with Gasteiger partial charge in [-0.1, -0.05) is 30.3 Å². The average molecular weight is 551 g/mol. The zero-order chi connectivity index (χ0) is 27.3. The molecule has 0 amide bonds. The van der Waals surface area contributed by atoms with Crippen LogP contribution in [-0.4, -0.2) is 62.7 Å². The molecule has 0 radical (unpaired) electrons. The van der Waals surface area contributed by atoms with Gasteiger partial charge in [-0.15, -0.1) is 11.3 Å². The highest BCUT2D eigenvalue weighted by Gasteiger charge is 2.18. The number of nitrogen functional groups attached to an aromatic ring is 1.